The number of nitrogens with two attached hydrogens (primary N) is 1. The molecule has 4 heterocycles. The molecular weight excluding hydrogens is 816 g/mol. The SMILES string of the molecule is Nc1ccc(F)cn1.O=Cc1cc(Cl)cc(Cl)c1.Oc1c(C(Nc2ccc(F)cn2)c2cc(Cl)cc(Cl)c2)ccc2cccnc12.Oc1cccc2cccnc12. The molecule has 0 saturated heterocycles. The van der Waals surface area contributed by atoms with Gasteiger partial charge in [0.25, 0.3) is 0 Å². The van der Waals surface area contributed by atoms with Crippen LogP contribution in [-0.4, -0.2) is 36.4 Å². The number of hydrogen-bond acceptors (Lipinski definition) is 9. The van der Waals surface area contributed by atoms with Crippen LogP contribution in [0.4, 0.5) is 20.4 Å². The molecule has 0 fully saturated rings. The lowest BCUT2D eigenvalue weighted by Crippen LogP contribution is -2.14. The molecule has 0 bridgehead atoms. The molecule has 288 valence electrons. The molecule has 8 rings (SSSR count). The second kappa shape index (κ2) is 20.2. The summed E-state index contributed by atoms with van der Waals surface area (Å²) in [5.74, 6) is 0.246. The fourth-order valence-corrected chi connectivity index (χ4v) is 6.27. The van der Waals surface area contributed by atoms with E-state index in [2.05, 4.69) is 25.3 Å². The van der Waals surface area contributed by atoms with E-state index < -0.39 is 11.9 Å². The maximum Gasteiger partial charge on any atom is 0.150 e. The van der Waals surface area contributed by atoms with Crippen LogP contribution in [0.25, 0.3) is 21.8 Å². The number of phenolic OH excluding ortho intramolecular Hbond substituents is 2. The average molecular weight is 847 g/mol. The number of carbonyl (C=O) groups is 1. The van der Waals surface area contributed by atoms with Crippen molar-refractivity contribution >= 4 is 86.1 Å². The van der Waals surface area contributed by atoms with Gasteiger partial charge in [0.05, 0.1) is 18.4 Å². The van der Waals surface area contributed by atoms with Gasteiger partial charge >= 0.3 is 0 Å². The highest BCUT2D eigenvalue weighted by Crippen LogP contribution is 2.37. The zero-order valence-corrected chi connectivity index (χ0v) is 32.4. The Kier molecular flexibility index (Phi) is 14.9. The second-order valence-electron chi connectivity index (χ2n) is 11.8. The number of para-hydroxylation sites is 1. The second-order valence-corrected chi connectivity index (χ2v) is 13.5. The number of aromatic nitrogens is 4. The third kappa shape index (κ3) is 12.2. The van der Waals surface area contributed by atoms with Crippen LogP contribution in [-0.2, 0) is 0 Å². The predicted molar refractivity (Wildman–Crippen MR) is 223 cm³/mol. The first-order valence-corrected chi connectivity index (χ1v) is 18.1. The molecule has 0 spiro atoms. The zero-order chi connectivity index (χ0) is 40.9. The molecule has 0 radical (unpaired) electrons. The minimum Gasteiger partial charge on any atom is -0.506 e. The van der Waals surface area contributed by atoms with E-state index in [9.17, 15) is 23.8 Å². The number of aromatic hydroxyl groups is 2. The topological polar surface area (TPSA) is 147 Å². The fourth-order valence-electron chi connectivity index (χ4n) is 5.19. The summed E-state index contributed by atoms with van der Waals surface area (Å²) in [6.45, 7) is 0. The molecule has 0 aliphatic carbocycles. The molecule has 5 N–H and O–H groups in total. The van der Waals surface area contributed by atoms with Gasteiger partial charge in [-0.3, -0.25) is 14.8 Å². The van der Waals surface area contributed by atoms with Crippen LogP contribution in [0.5, 0.6) is 11.5 Å². The van der Waals surface area contributed by atoms with Gasteiger partial charge in [-0.1, -0.05) is 82.8 Å². The highest BCUT2D eigenvalue weighted by atomic mass is 35.5. The lowest BCUT2D eigenvalue weighted by Gasteiger charge is -2.22. The first-order chi connectivity index (χ1) is 27.4. The van der Waals surface area contributed by atoms with Gasteiger partial charge in [-0.2, -0.15) is 0 Å². The summed E-state index contributed by atoms with van der Waals surface area (Å²) in [6, 6.07) is 31.2. The van der Waals surface area contributed by atoms with E-state index in [1.165, 1.54) is 24.3 Å². The first-order valence-electron chi connectivity index (χ1n) is 16.6. The third-order valence-electron chi connectivity index (χ3n) is 7.71. The van der Waals surface area contributed by atoms with Gasteiger partial charge in [-0.15, -0.1) is 0 Å². The number of fused-ring (bicyclic) bond motifs is 2. The number of phenols is 2. The third-order valence-corrected chi connectivity index (χ3v) is 8.58. The van der Waals surface area contributed by atoms with Crippen LogP contribution in [0.1, 0.15) is 27.5 Å². The molecule has 8 aromatic rings. The molecule has 0 saturated carbocycles. The number of aldehydes is 1. The Labute approximate surface area is 345 Å². The van der Waals surface area contributed by atoms with Crippen molar-refractivity contribution in [3.63, 3.8) is 0 Å². The van der Waals surface area contributed by atoms with Crippen molar-refractivity contribution in [1.82, 2.24) is 19.9 Å². The van der Waals surface area contributed by atoms with E-state index in [1.807, 2.05) is 30.3 Å². The summed E-state index contributed by atoms with van der Waals surface area (Å²) in [6.07, 6.45) is 6.19. The summed E-state index contributed by atoms with van der Waals surface area (Å²) in [7, 11) is 0. The van der Waals surface area contributed by atoms with E-state index in [0.717, 1.165) is 23.2 Å². The van der Waals surface area contributed by atoms with E-state index in [4.69, 9.17) is 52.1 Å². The summed E-state index contributed by atoms with van der Waals surface area (Å²) >= 11 is 23.5. The van der Waals surface area contributed by atoms with Gasteiger partial charge in [0.2, 0.25) is 0 Å². The standard InChI is InChI=1S/C21H14Cl2FN3O.C9H7NO.C7H4Cl2O.C5H5FN2/c22-14-8-13(9-15(23)10-14)19(27-18-6-4-16(24)11-26-18)17-5-3-12-2-1-7-25-20(12)21(17)28;11-8-5-1-3-7-4-2-6-10-9(7)8;8-6-1-5(4-10)2-7(9)3-6;6-4-1-2-5(7)8-3-4/h1-11,19,28H,(H,26,27);1-6,11H;1-4H;1-3H,(H2,7,8). The van der Waals surface area contributed by atoms with Gasteiger partial charge in [0, 0.05) is 54.4 Å². The van der Waals surface area contributed by atoms with E-state index in [1.54, 1.807) is 73.1 Å². The molecule has 0 aliphatic heterocycles. The minimum atomic E-state index is -0.541. The van der Waals surface area contributed by atoms with Crippen molar-refractivity contribution < 1.29 is 23.8 Å². The van der Waals surface area contributed by atoms with Gasteiger partial charge in [0.1, 0.15) is 52.1 Å². The van der Waals surface area contributed by atoms with Crippen molar-refractivity contribution in [2.45, 2.75) is 6.04 Å². The minimum absolute atomic E-state index is 0.0359. The van der Waals surface area contributed by atoms with Crippen LogP contribution in [0, 0.1) is 11.6 Å². The Bertz CT molecular complexity index is 2540. The van der Waals surface area contributed by atoms with Crippen LogP contribution in [0.2, 0.25) is 20.1 Å². The number of pyridine rings is 4. The Morgan fingerprint density at radius 3 is 1.74 bits per heavy atom. The number of rotatable bonds is 5. The van der Waals surface area contributed by atoms with Crippen LogP contribution >= 0.6 is 46.4 Å². The van der Waals surface area contributed by atoms with Crippen molar-refractivity contribution in [1.29, 1.82) is 0 Å². The molecule has 1 atom stereocenters. The van der Waals surface area contributed by atoms with Gasteiger partial charge in [-0.05, 0) is 84.4 Å². The molecule has 4 aromatic carbocycles. The highest BCUT2D eigenvalue weighted by molar-refractivity contribution is 6.35. The van der Waals surface area contributed by atoms with Crippen molar-refractivity contribution in [2.24, 2.45) is 0 Å². The average Bonchev–Trinajstić information content (AvgIpc) is 3.19. The van der Waals surface area contributed by atoms with E-state index >= 15 is 0 Å². The number of hydrogen-bond donors (Lipinski definition) is 4. The number of nitrogens with zero attached hydrogens (tertiary/aromatic N) is 4. The predicted octanol–water partition coefficient (Wildman–Crippen LogP) is 11.5. The number of nitrogens with one attached hydrogen (secondary N) is 1. The molecule has 9 nitrogen and oxygen atoms in total. The van der Waals surface area contributed by atoms with E-state index in [0.29, 0.717) is 65.7 Å². The van der Waals surface area contributed by atoms with E-state index in [-0.39, 0.29) is 17.3 Å². The normalized spacial score (nSPS) is 10.8. The Morgan fingerprint density at radius 1 is 0.632 bits per heavy atom. The van der Waals surface area contributed by atoms with Crippen LogP contribution < -0.4 is 11.1 Å². The largest absolute Gasteiger partial charge is 0.506 e. The Balaban J connectivity index is 0.000000173. The summed E-state index contributed by atoms with van der Waals surface area (Å²) in [5.41, 5.74) is 8.07. The maximum absolute atomic E-state index is 13.2. The maximum atomic E-state index is 13.2. The van der Waals surface area contributed by atoms with Crippen LogP contribution in [0.3, 0.4) is 0 Å². The quantitative estimate of drug-likeness (QED) is 0.124. The molecule has 0 aliphatic rings. The number of halogens is 6. The molecule has 1 unspecified atom stereocenters. The van der Waals surface area contributed by atoms with Crippen molar-refractivity contribution in [3.8, 4) is 11.5 Å². The van der Waals surface area contributed by atoms with Crippen molar-refractivity contribution in [2.75, 3.05) is 11.1 Å². The smallest absolute Gasteiger partial charge is 0.150 e. The number of benzene rings is 4. The summed E-state index contributed by atoms with van der Waals surface area (Å²) < 4.78 is 25.2. The molecule has 4 aromatic heterocycles. The number of nitrogen functional groups attached to an aromatic ring is 1. The lowest BCUT2D eigenvalue weighted by molar-refractivity contribution is 0.112. The van der Waals surface area contributed by atoms with Crippen LogP contribution in [0.15, 0.2) is 140 Å². The van der Waals surface area contributed by atoms with Gasteiger partial charge in [-0.25, -0.2) is 18.7 Å². The molecule has 57 heavy (non-hydrogen) atoms. The highest BCUT2D eigenvalue weighted by Gasteiger charge is 2.21. The van der Waals surface area contributed by atoms with Gasteiger partial charge < -0.3 is 21.3 Å². The Hall–Kier alpha value is -6.11. The molecule has 0 amide bonds. The lowest BCUT2D eigenvalue weighted by atomic mass is 9.96. The summed E-state index contributed by atoms with van der Waals surface area (Å²) in [5, 5.41) is 27.1. The number of anilines is 2. The fraction of sp³-hybridized carbons (Fsp3) is 0.0238. The summed E-state index contributed by atoms with van der Waals surface area (Å²) in [4.78, 5) is 26.0. The van der Waals surface area contributed by atoms with Gasteiger partial charge in [0.15, 0.2) is 0 Å². The number of carbonyl (C=O) groups excluding carboxylic acids is 1. The Morgan fingerprint density at radius 2 is 1.19 bits per heavy atom. The first kappa shape index (κ1) is 42.0. The monoisotopic (exact) mass is 844 g/mol. The molecular formula is C42H30Cl4F2N6O3. The molecule has 15 heteroatoms. The van der Waals surface area contributed by atoms with Crippen molar-refractivity contribution in [3.05, 3.63) is 188 Å². The zero-order valence-electron chi connectivity index (χ0n) is 29.4.